The number of Topliss-reactive ketones (excluding diaryl/α,β-unsaturated/α-hetero) is 1. The van der Waals surface area contributed by atoms with Crippen molar-refractivity contribution in [3.05, 3.63) is 64.8 Å². The van der Waals surface area contributed by atoms with Crippen molar-refractivity contribution in [1.82, 2.24) is 15.1 Å². The second-order valence-corrected chi connectivity index (χ2v) is 8.05. The van der Waals surface area contributed by atoms with Crippen LogP contribution in [0.15, 0.2) is 41.1 Å². The lowest BCUT2D eigenvalue weighted by molar-refractivity contribution is 0.0973. The van der Waals surface area contributed by atoms with Crippen LogP contribution in [0.4, 0.5) is 0 Å². The van der Waals surface area contributed by atoms with Gasteiger partial charge in [0.05, 0.1) is 0 Å². The van der Waals surface area contributed by atoms with E-state index in [0.717, 1.165) is 48.4 Å². The molecular formula is C23H23N3O2. The lowest BCUT2D eigenvalue weighted by Crippen LogP contribution is -2.08. The number of carbonyl (C=O) groups excluding carboxylic acids is 1. The normalized spacial score (nSPS) is 18.7. The van der Waals surface area contributed by atoms with Gasteiger partial charge < -0.3 is 4.52 Å². The number of carbonyl (C=O) groups is 1. The van der Waals surface area contributed by atoms with Gasteiger partial charge in [0.15, 0.2) is 5.78 Å². The lowest BCUT2D eigenvalue weighted by atomic mass is 9.85. The third-order valence-electron chi connectivity index (χ3n) is 6.15. The number of hydrogen-bond donors (Lipinski definition) is 0. The average Bonchev–Trinajstić information content (AvgIpc) is 3.28. The van der Waals surface area contributed by atoms with Gasteiger partial charge in [-0.05, 0) is 67.9 Å². The van der Waals surface area contributed by atoms with Crippen LogP contribution >= 0.6 is 0 Å². The summed E-state index contributed by atoms with van der Waals surface area (Å²) in [4.78, 5) is 21.5. The molecule has 1 atom stereocenters. The van der Waals surface area contributed by atoms with Crippen LogP contribution in [0.1, 0.15) is 77.0 Å². The van der Waals surface area contributed by atoms with Crippen LogP contribution in [0.3, 0.4) is 0 Å². The number of rotatable bonds is 5. The summed E-state index contributed by atoms with van der Waals surface area (Å²) in [5, 5.41) is 4.18. The molecule has 2 aliphatic carbocycles. The Bertz CT molecular complexity index is 1040. The predicted octanol–water partition coefficient (Wildman–Crippen LogP) is 5.01. The Kier molecular flexibility index (Phi) is 4.30. The summed E-state index contributed by atoms with van der Waals surface area (Å²) in [6.07, 6.45) is 7.81. The summed E-state index contributed by atoms with van der Waals surface area (Å²) in [7, 11) is 0. The molecule has 2 heterocycles. The van der Waals surface area contributed by atoms with E-state index in [1.54, 1.807) is 6.20 Å². The minimum Gasteiger partial charge on any atom is -0.339 e. The fourth-order valence-corrected chi connectivity index (χ4v) is 4.29. The average molecular weight is 373 g/mol. The molecule has 5 heteroatoms. The van der Waals surface area contributed by atoms with Gasteiger partial charge in [-0.15, -0.1) is 0 Å². The van der Waals surface area contributed by atoms with E-state index in [2.05, 4.69) is 33.3 Å². The molecule has 0 amide bonds. The monoisotopic (exact) mass is 373 g/mol. The Morgan fingerprint density at radius 1 is 1.18 bits per heavy atom. The SMILES string of the molecule is Cc1cc(C(=O)C[C@@H]2CCc3cc(-c4noc(C5CCC5)n4)ccc32)ccn1. The largest absolute Gasteiger partial charge is 0.339 e. The van der Waals surface area contributed by atoms with Crippen molar-refractivity contribution in [2.24, 2.45) is 0 Å². The Balaban J connectivity index is 1.33. The standard InChI is InChI=1S/C23H23N3O2/c1-14-11-18(9-10-24-14)21(27)13-17-6-5-16-12-19(7-8-20(16)17)22-25-23(28-26-22)15-3-2-4-15/h7-12,15,17H,2-6,13H2,1H3/t17-/m0/s1. The van der Waals surface area contributed by atoms with Crippen LogP contribution in [0, 0.1) is 6.92 Å². The number of nitrogens with zero attached hydrogens (tertiary/aromatic N) is 3. The minimum atomic E-state index is 0.190. The van der Waals surface area contributed by atoms with Crippen LogP contribution in [0.25, 0.3) is 11.4 Å². The number of aryl methyl sites for hydroxylation is 2. The Labute approximate surface area is 164 Å². The molecule has 0 aliphatic heterocycles. The van der Waals surface area contributed by atoms with Crippen LogP contribution in [-0.2, 0) is 6.42 Å². The van der Waals surface area contributed by atoms with Crippen molar-refractivity contribution >= 4 is 5.78 Å². The summed E-state index contributed by atoms with van der Waals surface area (Å²) in [5.41, 5.74) is 5.23. The third-order valence-corrected chi connectivity index (χ3v) is 6.15. The Morgan fingerprint density at radius 2 is 2.07 bits per heavy atom. The van der Waals surface area contributed by atoms with E-state index < -0.39 is 0 Å². The van der Waals surface area contributed by atoms with Crippen molar-refractivity contribution in [1.29, 1.82) is 0 Å². The first-order valence-electron chi connectivity index (χ1n) is 10.1. The topological polar surface area (TPSA) is 68.9 Å². The maximum atomic E-state index is 12.7. The summed E-state index contributed by atoms with van der Waals surface area (Å²) < 4.78 is 5.46. The lowest BCUT2D eigenvalue weighted by Gasteiger charge is -2.20. The molecule has 1 saturated carbocycles. The molecule has 0 saturated heterocycles. The second-order valence-electron chi connectivity index (χ2n) is 8.05. The molecule has 1 fully saturated rings. The fourth-order valence-electron chi connectivity index (χ4n) is 4.29. The van der Waals surface area contributed by atoms with Crippen molar-refractivity contribution in [2.75, 3.05) is 0 Å². The van der Waals surface area contributed by atoms with E-state index in [0.29, 0.717) is 18.2 Å². The number of benzene rings is 1. The highest BCUT2D eigenvalue weighted by Gasteiger charge is 2.28. The van der Waals surface area contributed by atoms with Gasteiger partial charge in [-0.3, -0.25) is 9.78 Å². The molecule has 0 unspecified atom stereocenters. The molecule has 2 aromatic heterocycles. The molecule has 2 aliphatic rings. The van der Waals surface area contributed by atoms with E-state index >= 15 is 0 Å². The van der Waals surface area contributed by atoms with Gasteiger partial charge in [-0.25, -0.2) is 0 Å². The number of hydrogen-bond acceptors (Lipinski definition) is 5. The maximum absolute atomic E-state index is 12.7. The van der Waals surface area contributed by atoms with Crippen molar-refractivity contribution in [2.45, 2.75) is 57.3 Å². The first kappa shape index (κ1) is 17.3. The van der Waals surface area contributed by atoms with Crippen LogP contribution < -0.4 is 0 Å². The van der Waals surface area contributed by atoms with Crippen molar-refractivity contribution in [3.63, 3.8) is 0 Å². The van der Waals surface area contributed by atoms with Crippen molar-refractivity contribution < 1.29 is 9.32 Å². The van der Waals surface area contributed by atoms with Gasteiger partial charge >= 0.3 is 0 Å². The van der Waals surface area contributed by atoms with Gasteiger partial charge in [-0.2, -0.15) is 4.98 Å². The number of pyridine rings is 1. The van der Waals surface area contributed by atoms with Gasteiger partial charge in [-0.1, -0.05) is 23.7 Å². The van der Waals surface area contributed by atoms with E-state index in [4.69, 9.17) is 4.52 Å². The summed E-state index contributed by atoms with van der Waals surface area (Å²) in [5.74, 6) is 2.37. The first-order valence-corrected chi connectivity index (χ1v) is 10.1. The highest BCUT2D eigenvalue weighted by molar-refractivity contribution is 5.96. The van der Waals surface area contributed by atoms with Gasteiger partial charge in [0.25, 0.3) is 0 Å². The molecule has 142 valence electrons. The van der Waals surface area contributed by atoms with Gasteiger partial charge in [0, 0.05) is 35.4 Å². The predicted molar refractivity (Wildman–Crippen MR) is 105 cm³/mol. The number of fused-ring (bicyclic) bond motifs is 1. The number of ketones is 1. The van der Waals surface area contributed by atoms with Gasteiger partial charge in [0.2, 0.25) is 11.7 Å². The minimum absolute atomic E-state index is 0.190. The maximum Gasteiger partial charge on any atom is 0.230 e. The molecule has 1 aromatic carbocycles. The highest BCUT2D eigenvalue weighted by atomic mass is 16.5. The van der Waals surface area contributed by atoms with Crippen LogP contribution in [0.2, 0.25) is 0 Å². The van der Waals surface area contributed by atoms with Crippen LogP contribution in [0.5, 0.6) is 0 Å². The van der Waals surface area contributed by atoms with E-state index in [1.165, 1.54) is 17.5 Å². The molecule has 0 N–H and O–H groups in total. The molecule has 3 aromatic rings. The summed E-state index contributed by atoms with van der Waals surface area (Å²) in [6.45, 7) is 1.91. The summed E-state index contributed by atoms with van der Waals surface area (Å²) in [6, 6.07) is 10.1. The van der Waals surface area contributed by atoms with Crippen molar-refractivity contribution in [3.8, 4) is 11.4 Å². The Morgan fingerprint density at radius 3 is 2.86 bits per heavy atom. The molecule has 5 nitrogen and oxygen atoms in total. The molecule has 28 heavy (non-hydrogen) atoms. The molecular weight excluding hydrogens is 350 g/mol. The second kappa shape index (κ2) is 6.97. The fraction of sp³-hybridized carbons (Fsp3) is 0.391. The van der Waals surface area contributed by atoms with E-state index in [-0.39, 0.29) is 11.7 Å². The Hall–Kier alpha value is -2.82. The third kappa shape index (κ3) is 3.15. The first-order chi connectivity index (χ1) is 13.7. The molecule has 0 bridgehead atoms. The zero-order chi connectivity index (χ0) is 19.1. The number of aromatic nitrogens is 3. The zero-order valence-electron chi connectivity index (χ0n) is 16.0. The van der Waals surface area contributed by atoms with E-state index in [1.807, 2.05) is 19.1 Å². The van der Waals surface area contributed by atoms with Crippen LogP contribution in [-0.4, -0.2) is 20.9 Å². The highest BCUT2D eigenvalue weighted by Crippen LogP contribution is 2.39. The zero-order valence-corrected chi connectivity index (χ0v) is 16.0. The molecule has 0 radical (unpaired) electrons. The quantitative estimate of drug-likeness (QED) is 0.588. The molecule has 5 rings (SSSR count). The smallest absolute Gasteiger partial charge is 0.230 e. The van der Waals surface area contributed by atoms with Gasteiger partial charge in [0.1, 0.15) is 0 Å². The summed E-state index contributed by atoms with van der Waals surface area (Å²) >= 11 is 0. The molecule has 0 spiro atoms. The van der Waals surface area contributed by atoms with E-state index in [9.17, 15) is 4.79 Å².